The van der Waals surface area contributed by atoms with Gasteiger partial charge in [0.05, 0.1) is 12.1 Å². The Morgan fingerprint density at radius 3 is 2.77 bits per heavy atom. The summed E-state index contributed by atoms with van der Waals surface area (Å²) in [7, 11) is 0. The maximum absolute atomic E-state index is 12.5. The second kappa shape index (κ2) is 6.83. The Morgan fingerprint density at radius 1 is 1.45 bits per heavy atom. The van der Waals surface area contributed by atoms with Crippen LogP contribution in [0, 0.1) is 5.92 Å². The average molecular weight is 323 g/mol. The van der Waals surface area contributed by atoms with Gasteiger partial charge in [0, 0.05) is 10.7 Å². The van der Waals surface area contributed by atoms with Gasteiger partial charge in [-0.1, -0.05) is 43.3 Å². The van der Waals surface area contributed by atoms with E-state index in [0.717, 1.165) is 0 Å². The van der Waals surface area contributed by atoms with Gasteiger partial charge in [0.15, 0.2) is 0 Å². The predicted molar refractivity (Wildman–Crippen MR) is 84.3 cm³/mol. The van der Waals surface area contributed by atoms with Crippen LogP contribution in [0.1, 0.15) is 31.9 Å². The number of carbonyl (C=O) groups is 2. The Balaban J connectivity index is 2.34. The summed E-state index contributed by atoms with van der Waals surface area (Å²) in [5, 5.41) is 5.74. The van der Waals surface area contributed by atoms with E-state index in [1.165, 1.54) is 0 Å². The van der Waals surface area contributed by atoms with Crippen molar-refractivity contribution >= 4 is 23.6 Å². The highest BCUT2D eigenvalue weighted by molar-refractivity contribution is 6.31. The maximum atomic E-state index is 12.5. The summed E-state index contributed by atoms with van der Waals surface area (Å²) in [6.07, 6.45) is 0.506. The number of hydrogen-bond donors (Lipinski definition) is 2. The second-order valence-corrected chi connectivity index (χ2v) is 5.66. The second-order valence-electron chi connectivity index (χ2n) is 5.26. The highest BCUT2D eigenvalue weighted by Crippen LogP contribution is 2.34. The van der Waals surface area contributed by atoms with Crippen LogP contribution in [-0.4, -0.2) is 18.1 Å². The lowest BCUT2D eigenvalue weighted by atomic mass is 9.89. The topological polar surface area (TPSA) is 67.4 Å². The Kier molecular flexibility index (Phi) is 5.08. The monoisotopic (exact) mass is 322 g/mol. The largest absolute Gasteiger partial charge is 0.462 e. The lowest BCUT2D eigenvalue weighted by molar-refractivity contribution is -0.153. The molecule has 22 heavy (non-hydrogen) atoms. The van der Waals surface area contributed by atoms with Gasteiger partial charge in [-0.3, -0.25) is 4.79 Å². The molecule has 1 fully saturated rings. The molecule has 3 unspecified atom stereocenters. The molecule has 0 bridgehead atoms. The molecule has 0 aliphatic carbocycles. The van der Waals surface area contributed by atoms with Gasteiger partial charge in [0.25, 0.3) is 0 Å². The highest BCUT2D eigenvalue weighted by atomic mass is 35.5. The van der Waals surface area contributed by atoms with E-state index in [1.54, 1.807) is 24.3 Å². The zero-order valence-corrected chi connectivity index (χ0v) is 13.3. The van der Waals surface area contributed by atoms with Crippen molar-refractivity contribution in [1.82, 2.24) is 10.6 Å². The molecule has 2 rings (SSSR count). The van der Waals surface area contributed by atoms with E-state index in [2.05, 4.69) is 17.2 Å². The standard InChI is InChI=1S/C16H19ClN2O3/c1-4-9(2)22-15(20)13-10(3)18-16(21)19-14(13)11-7-5-6-8-12(11)17/h5-9,13-14H,3-4H2,1-2H3,(H2,18,19,21). The fraction of sp³-hybridized carbons (Fsp3) is 0.375. The number of nitrogens with one attached hydrogen (secondary N) is 2. The van der Waals surface area contributed by atoms with E-state index in [9.17, 15) is 9.59 Å². The van der Waals surface area contributed by atoms with E-state index in [4.69, 9.17) is 16.3 Å². The van der Waals surface area contributed by atoms with Crippen molar-refractivity contribution in [3.63, 3.8) is 0 Å². The number of halogens is 1. The molecule has 1 heterocycles. The molecule has 118 valence electrons. The minimum Gasteiger partial charge on any atom is -0.462 e. The molecule has 0 saturated carbocycles. The van der Waals surface area contributed by atoms with Gasteiger partial charge in [0.1, 0.15) is 5.92 Å². The third-order valence-corrected chi connectivity index (χ3v) is 4.00. The summed E-state index contributed by atoms with van der Waals surface area (Å²) in [5.41, 5.74) is 0.966. The molecule has 1 aliphatic heterocycles. The molecule has 0 radical (unpaired) electrons. The molecule has 0 spiro atoms. The number of urea groups is 1. The summed E-state index contributed by atoms with van der Waals surface area (Å²) in [6, 6.07) is 6.06. The van der Waals surface area contributed by atoms with Gasteiger partial charge in [-0.25, -0.2) is 4.79 Å². The number of esters is 1. The first-order valence-corrected chi connectivity index (χ1v) is 7.53. The molecule has 0 aromatic heterocycles. The van der Waals surface area contributed by atoms with Gasteiger partial charge >= 0.3 is 12.0 Å². The molecule has 1 saturated heterocycles. The zero-order chi connectivity index (χ0) is 16.3. The third-order valence-electron chi connectivity index (χ3n) is 3.66. The Bertz CT molecular complexity index is 603. The van der Waals surface area contributed by atoms with Crippen molar-refractivity contribution < 1.29 is 14.3 Å². The van der Waals surface area contributed by atoms with Gasteiger partial charge in [-0.2, -0.15) is 0 Å². The van der Waals surface area contributed by atoms with Crippen LogP contribution in [0.2, 0.25) is 5.02 Å². The van der Waals surface area contributed by atoms with Gasteiger partial charge in [-0.15, -0.1) is 0 Å². The SMILES string of the molecule is C=C1NC(=O)NC(c2ccccc2Cl)C1C(=O)OC(C)CC. The maximum Gasteiger partial charge on any atom is 0.319 e. The van der Waals surface area contributed by atoms with Crippen molar-refractivity contribution in [2.45, 2.75) is 32.4 Å². The van der Waals surface area contributed by atoms with Gasteiger partial charge in [0.2, 0.25) is 0 Å². The molecule has 6 heteroatoms. The van der Waals surface area contributed by atoms with Crippen LogP contribution in [0.4, 0.5) is 4.79 Å². The van der Waals surface area contributed by atoms with Crippen molar-refractivity contribution in [2.24, 2.45) is 5.92 Å². The fourth-order valence-corrected chi connectivity index (χ4v) is 2.56. The summed E-state index contributed by atoms with van der Waals surface area (Å²) >= 11 is 6.20. The van der Waals surface area contributed by atoms with E-state index in [1.807, 2.05) is 13.8 Å². The first kappa shape index (κ1) is 16.4. The summed E-state index contributed by atoms with van der Waals surface area (Å²) in [4.78, 5) is 24.2. The van der Waals surface area contributed by atoms with Crippen LogP contribution in [0.25, 0.3) is 0 Å². The number of rotatable bonds is 4. The summed E-state index contributed by atoms with van der Waals surface area (Å²) in [5.74, 6) is -1.16. The Morgan fingerprint density at radius 2 is 2.14 bits per heavy atom. The van der Waals surface area contributed by atoms with Crippen LogP contribution in [-0.2, 0) is 9.53 Å². The number of amides is 2. The van der Waals surface area contributed by atoms with Crippen LogP contribution >= 0.6 is 11.6 Å². The zero-order valence-electron chi connectivity index (χ0n) is 12.6. The average Bonchev–Trinajstić information content (AvgIpc) is 2.46. The van der Waals surface area contributed by atoms with Crippen LogP contribution in [0.5, 0.6) is 0 Å². The Hall–Kier alpha value is -2.01. The van der Waals surface area contributed by atoms with Crippen LogP contribution < -0.4 is 10.6 Å². The minimum absolute atomic E-state index is 0.204. The molecule has 1 aliphatic rings. The molecule has 5 nitrogen and oxygen atoms in total. The van der Waals surface area contributed by atoms with E-state index >= 15 is 0 Å². The molecule has 3 atom stereocenters. The molecule has 2 N–H and O–H groups in total. The van der Waals surface area contributed by atoms with E-state index < -0.39 is 24.0 Å². The van der Waals surface area contributed by atoms with E-state index in [-0.39, 0.29) is 6.10 Å². The molecular formula is C16H19ClN2O3. The highest BCUT2D eigenvalue weighted by Gasteiger charge is 2.40. The summed E-state index contributed by atoms with van der Waals surface area (Å²) < 4.78 is 5.40. The minimum atomic E-state index is -0.730. The van der Waals surface area contributed by atoms with Crippen LogP contribution in [0.15, 0.2) is 36.5 Å². The van der Waals surface area contributed by atoms with Crippen molar-refractivity contribution in [3.05, 3.63) is 47.1 Å². The normalized spacial score (nSPS) is 22.5. The third kappa shape index (κ3) is 3.42. The van der Waals surface area contributed by atoms with Crippen molar-refractivity contribution in [2.75, 3.05) is 0 Å². The summed E-state index contributed by atoms with van der Waals surface area (Å²) in [6.45, 7) is 7.54. The number of hydrogen-bond acceptors (Lipinski definition) is 3. The number of ether oxygens (including phenoxy) is 1. The molecule has 2 amide bonds. The number of benzene rings is 1. The first-order chi connectivity index (χ1) is 10.4. The quantitative estimate of drug-likeness (QED) is 0.837. The van der Waals surface area contributed by atoms with Gasteiger partial charge < -0.3 is 15.4 Å². The predicted octanol–water partition coefficient (Wildman–Crippen LogP) is 3.17. The van der Waals surface area contributed by atoms with Crippen LogP contribution in [0.3, 0.4) is 0 Å². The smallest absolute Gasteiger partial charge is 0.319 e. The van der Waals surface area contributed by atoms with Crippen molar-refractivity contribution in [1.29, 1.82) is 0 Å². The van der Waals surface area contributed by atoms with Crippen molar-refractivity contribution in [3.8, 4) is 0 Å². The lowest BCUT2D eigenvalue weighted by Gasteiger charge is -2.34. The van der Waals surface area contributed by atoms with Gasteiger partial charge in [-0.05, 0) is 25.0 Å². The Labute approximate surface area is 134 Å². The molecule has 1 aromatic carbocycles. The fourth-order valence-electron chi connectivity index (χ4n) is 2.30. The lowest BCUT2D eigenvalue weighted by Crippen LogP contribution is -2.51. The number of carbonyl (C=O) groups excluding carboxylic acids is 2. The van der Waals surface area contributed by atoms with E-state index in [0.29, 0.717) is 22.7 Å². The molecule has 1 aromatic rings. The first-order valence-electron chi connectivity index (χ1n) is 7.15. The molecular weight excluding hydrogens is 304 g/mol.